The van der Waals surface area contributed by atoms with Crippen LogP contribution < -0.4 is 104 Å². The minimum absolute atomic E-state index is 0.0577. The van der Waals surface area contributed by atoms with Crippen LogP contribution in [0.15, 0.2) is 60.9 Å². The molecule has 7 rings (SSSR count). The molecule has 37 nitrogen and oxygen atoms in total. The van der Waals surface area contributed by atoms with Crippen LogP contribution >= 0.6 is 0 Å². The number of hydrogen-bond acceptors (Lipinski definition) is 21. The molecule has 6 unspecified atom stereocenters. The normalized spacial score (nSPS) is 28.5. The summed E-state index contributed by atoms with van der Waals surface area (Å²) in [7, 11) is 0. The predicted molar refractivity (Wildman–Crippen MR) is 412 cm³/mol. The van der Waals surface area contributed by atoms with Crippen LogP contribution in [0.3, 0.4) is 0 Å². The molecule has 3 fully saturated rings. The first-order chi connectivity index (χ1) is 52.5. The van der Waals surface area contributed by atoms with Crippen molar-refractivity contribution in [3.05, 3.63) is 72.1 Å². The molecule has 5 heterocycles. The second kappa shape index (κ2) is 40.1. The zero-order chi connectivity index (χ0) is 82.0. The van der Waals surface area contributed by atoms with Gasteiger partial charge in [-0.05, 0) is 136 Å². The van der Waals surface area contributed by atoms with E-state index in [1.54, 1.807) is 62.6 Å². The van der Waals surface area contributed by atoms with Crippen LogP contribution in [0.5, 0.6) is 0 Å². The number of nitrogens with one attached hydrogen (secondary N) is 14. The summed E-state index contributed by atoms with van der Waals surface area (Å²) in [6.45, 7) is 14.9. The quantitative estimate of drug-likeness (QED) is 0.0466. The number of nitrogens with zero attached hydrogens (tertiary/aromatic N) is 2. The number of aromatic nitrogens is 2. The lowest BCUT2D eigenvalue weighted by Crippen LogP contribution is -2.66. The van der Waals surface area contributed by atoms with Crippen molar-refractivity contribution in [1.82, 2.24) is 83.6 Å². The molecule has 4 aromatic rings. The molecule has 0 bridgehead atoms. The predicted octanol–water partition coefficient (Wildman–Crippen LogP) is -5.45. The van der Waals surface area contributed by atoms with Crippen molar-refractivity contribution in [3.8, 4) is 0 Å². The molecule has 14 amide bonds. The summed E-state index contributed by atoms with van der Waals surface area (Å²) in [4.78, 5) is 213. The van der Waals surface area contributed by atoms with E-state index in [0.29, 0.717) is 58.6 Å². The smallest absolute Gasteiger partial charge is 0.247 e. The number of nitrogens with two attached hydrogens (primary N) is 7. The Kier molecular flexibility index (Phi) is 31.8. The molecule has 3 aliphatic heterocycles. The van der Waals surface area contributed by atoms with Crippen molar-refractivity contribution >= 4 is 105 Å². The Labute approximate surface area is 644 Å². The van der Waals surface area contributed by atoms with Crippen LogP contribution in [-0.4, -0.2) is 243 Å². The number of para-hydroxylation sites is 2. The molecule has 37 heteroatoms. The Hall–Kier alpha value is -10.2. The van der Waals surface area contributed by atoms with Crippen molar-refractivity contribution in [1.29, 1.82) is 0 Å². The van der Waals surface area contributed by atoms with Crippen LogP contribution in [0.1, 0.15) is 132 Å². The van der Waals surface area contributed by atoms with Crippen LogP contribution in [0, 0.1) is 5.92 Å². The third kappa shape index (κ3) is 22.8. The Morgan fingerprint density at radius 2 is 0.712 bits per heavy atom. The van der Waals surface area contributed by atoms with E-state index in [1.807, 2.05) is 12.1 Å². The first-order valence-electron chi connectivity index (χ1n) is 38.1. The van der Waals surface area contributed by atoms with Crippen LogP contribution in [-0.2, 0) is 80.0 Å². The highest BCUT2D eigenvalue weighted by Gasteiger charge is 2.46. The van der Waals surface area contributed by atoms with Crippen LogP contribution in [0.4, 0.5) is 0 Å². The van der Waals surface area contributed by atoms with Gasteiger partial charge in [0.1, 0.15) is 84.6 Å². The van der Waals surface area contributed by atoms with Gasteiger partial charge in [0.05, 0.1) is 0 Å². The van der Waals surface area contributed by atoms with Gasteiger partial charge >= 0.3 is 0 Å². The average molecular weight is 1550 g/mol. The van der Waals surface area contributed by atoms with Gasteiger partial charge < -0.3 is 124 Å². The molecule has 0 spiro atoms. The SMILES string of the molecule is CC[C@H](C)[C@@H]1NC(=O)[C@H](Cc2c[nH]c3ccccc23)NC(=O)[C@H](C)NC(=O)[C@@H]2CCCN2C(=O)[C@H]2CCCN2C(=O)[C@H](C(C)N)NC(=O)[C@H](C)NC(=O)[C@H](C(C)N)NC(=O)[C@H](C(C)N)NC(=O)[C@H](Cc2c[nH]c3ccccc23)NC(=O)[C@H](C(C)N)NC(=O)[C@H](C(C)N)NC(=O)[C@H](CCCCN)NC(=O)[C@H](C(C)N)NC1=O. The maximum absolute atomic E-state index is 14.9. The Balaban J connectivity index is 1.24. The van der Waals surface area contributed by atoms with Crippen molar-refractivity contribution in [2.45, 2.75) is 254 Å². The van der Waals surface area contributed by atoms with Gasteiger partial charge in [-0.15, -0.1) is 0 Å². The number of H-pyrrole nitrogens is 2. The average Bonchev–Trinajstić information content (AvgIpc) is 1.71. The fraction of sp³-hybridized carbons (Fsp3) is 0.595. The van der Waals surface area contributed by atoms with E-state index >= 15 is 0 Å². The molecule has 2 aromatic carbocycles. The van der Waals surface area contributed by atoms with Gasteiger partial charge in [0.25, 0.3) is 0 Å². The number of carbonyl (C=O) groups excluding carboxylic acids is 14. The summed E-state index contributed by atoms with van der Waals surface area (Å²) in [5, 5.41) is 33.0. The van der Waals surface area contributed by atoms with E-state index in [2.05, 4.69) is 73.8 Å². The maximum Gasteiger partial charge on any atom is 0.247 e. The molecule has 28 N–H and O–H groups in total. The van der Waals surface area contributed by atoms with E-state index < -0.39 is 209 Å². The monoisotopic (exact) mass is 1550 g/mol. The molecule has 2 aromatic heterocycles. The number of benzene rings is 2. The minimum Gasteiger partial charge on any atom is -0.361 e. The summed E-state index contributed by atoms with van der Waals surface area (Å²) in [6.07, 6.45) is 4.77. The first kappa shape index (κ1) is 88.0. The lowest BCUT2D eigenvalue weighted by molar-refractivity contribution is -0.148. The van der Waals surface area contributed by atoms with E-state index in [9.17, 15) is 67.1 Å². The van der Waals surface area contributed by atoms with Gasteiger partial charge in [0, 0.05) is 96.4 Å². The Bertz CT molecular complexity index is 3990. The Morgan fingerprint density at radius 1 is 0.378 bits per heavy atom. The summed E-state index contributed by atoms with van der Waals surface area (Å²) >= 11 is 0. The molecule has 111 heavy (non-hydrogen) atoms. The molecule has 0 aliphatic carbocycles. The topological polar surface area (TPSA) is 604 Å². The zero-order valence-electron chi connectivity index (χ0n) is 64.7. The number of fused-ring (bicyclic) bond motifs is 4. The standard InChI is InChI=1S/C74H115N23O14/c1-11-34(2)54-67(104)92-56(36(4)77)69(106)86-49(24-16-17-27-75)63(100)90-58(38(6)79)71(108)94-57(37(5)78)70(107)88-51(31-44-33-83-48-23-15-13-21-46(44)48)65(102)91-59(39(7)80)72(109)93-55(35(3)76)68(105)85-42(10)62(99)95-60(40(8)81)74(111)97-29-19-26-53(97)73(110)96-28-18-25-52(96)66(103)84-41(9)61(98)87-50(64(101)89-54)30-43-32-82-47-22-14-12-20-45(43)47/h12-15,20-23,32-42,49-60,82-83H,11,16-19,24-31,75-81H2,1-10H3,(H,84,103)(H,85,105)(H,86,106)(H,87,98)(H,88,107)(H,89,101)(H,90,100)(H,91,102)(H,92,104)(H,93,109)(H,94,108)(H,95,99)/t34-,35?,36?,37?,38?,39?,40?,41-,42-,49-,50-,51-,52-,53+,54-,55-,56-,57-,58-,59-,60-/m0/s1. The van der Waals surface area contributed by atoms with Gasteiger partial charge in [-0.1, -0.05) is 56.7 Å². The number of amides is 14. The summed E-state index contributed by atoms with van der Waals surface area (Å²) in [5.41, 5.74) is 46.7. The summed E-state index contributed by atoms with van der Waals surface area (Å²) in [6, 6.07) is -13.3. The highest BCUT2D eigenvalue weighted by Crippen LogP contribution is 2.27. The van der Waals surface area contributed by atoms with E-state index in [1.165, 1.54) is 65.2 Å². The lowest BCUT2D eigenvalue weighted by atomic mass is 9.96. The number of rotatable bonds is 16. The maximum atomic E-state index is 14.9. The van der Waals surface area contributed by atoms with E-state index in [-0.39, 0.29) is 58.2 Å². The summed E-state index contributed by atoms with van der Waals surface area (Å²) < 4.78 is 0. The first-order valence-corrected chi connectivity index (χ1v) is 38.1. The number of aromatic amines is 2. The number of carbonyl (C=O) groups is 14. The van der Waals surface area contributed by atoms with Gasteiger partial charge in [-0.3, -0.25) is 67.1 Å². The zero-order valence-corrected chi connectivity index (χ0v) is 64.7. The minimum atomic E-state index is -1.67. The van der Waals surface area contributed by atoms with Crippen molar-refractivity contribution in [3.63, 3.8) is 0 Å². The van der Waals surface area contributed by atoms with Crippen molar-refractivity contribution in [2.75, 3.05) is 19.6 Å². The van der Waals surface area contributed by atoms with E-state index in [4.69, 9.17) is 40.1 Å². The van der Waals surface area contributed by atoms with Gasteiger partial charge in [-0.2, -0.15) is 0 Å². The molecular formula is C74H115N23O14. The second-order valence-corrected chi connectivity index (χ2v) is 29.9. The number of hydrogen-bond donors (Lipinski definition) is 21. The van der Waals surface area contributed by atoms with Gasteiger partial charge in [0.2, 0.25) is 82.7 Å². The van der Waals surface area contributed by atoms with Crippen LogP contribution in [0.2, 0.25) is 0 Å². The molecule has 3 saturated heterocycles. The fourth-order valence-electron chi connectivity index (χ4n) is 13.8. The third-order valence-corrected chi connectivity index (χ3v) is 20.6. The molecule has 0 radical (unpaired) electrons. The third-order valence-electron chi connectivity index (χ3n) is 20.6. The molecule has 21 atom stereocenters. The number of unbranched alkanes of at least 4 members (excludes halogenated alkanes) is 1. The molecule has 3 aliphatic rings. The highest BCUT2D eigenvalue weighted by atomic mass is 16.2. The van der Waals surface area contributed by atoms with Gasteiger partial charge in [0.15, 0.2) is 0 Å². The van der Waals surface area contributed by atoms with E-state index in [0.717, 1.165) is 0 Å². The largest absolute Gasteiger partial charge is 0.361 e. The molecule has 0 saturated carbocycles. The van der Waals surface area contributed by atoms with Crippen molar-refractivity contribution in [2.24, 2.45) is 46.1 Å². The fourth-order valence-corrected chi connectivity index (χ4v) is 13.8. The highest BCUT2D eigenvalue weighted by molar-refractivity contribution is 6.02. The van der Waals surface area contributed by atoms with Crippen molar-refractivity contribution < 1.29 is 67.1 Å². The van der Waals surface area contributed by atoms with Gasteiger partial charge in [-0.25, -0.2) is 0 Å². The lowest BCUT2D eigenvalue weighted by Gasteiger charge is -2.34. The van der Waals surface area contributed by atoms with Crippen LogP contribution in [0.25, 0.3) is 21.8 Å². The molecule has 610 valence electrons. The second-order valence-electron chi connectivity index (χ2n) is 29.9. The summed E-state index contributed by atoms with van der Waals surface area (Å²) in [5.74, 6) is -13.1. The molecular weight excluding hydrogens is 1430 g/mol. The Morgan fingerprint density at radius 3 is 1.14 bits per heavy atom.